The molecule has 0 fully saturated rings. The highest BCUT2D eigenvalue weighted by Gasteiger charge is 2.15. The SMILES string of the molecule is COc1cccc(C(=O)NC[C@@H](C)Oc2cccnc2)c1O. The molecule has 116 valence electrons. The highest BCUT2D eigenvalue weighted by Crippen LogP contribution is 2.29. The summed E-state index contributed by atoms with van der Waals surface area (Å²) in [5, 5.41) is 12.6. The van der Waals surface area contributed by atoms with Gasteiger partial charge in [0, 0.05) is 6.20 Å². The van der Waals surface area contributed by atoms with Crippen LogP contribution in [0.2, 0.25) is 0 Å². The first-order chi connectivity index (χ1) is 10.6. The molecule has 0 aliphatic rings. The third-order valence-corrected chi connectivity index (χ3v) is 2.99. The van der Waals surface area contributed by atoms with Crippen molar-refractivity contribution in [1.82, 2.24) is 10.3 Å². The van der Waals surface area contributed by atoms with Gasteiger partial charge in [-0.1, -0.05) is 6.07 Å². The van der Waals surface area contributed by atoms with Crippen molar-refractivity contribution in [3.8, 4) is 17.2 Å². The van der Waals surface area contributed by atoms with E-state index >= 15 is 0 Å². The molecule has 2 N–H and O–H groups in total. The van der Waals surface area contributed by atoms with Gasteiger partial charge in [0.1, 0.15) is 11.9 Å². The van der Waals surface area contributed by atoms with Gasteiger partial charge < -0.3 is 19.9 Å². The van der Waals surface area contributed by atoms with Crippen LogP contribution in [-0.2, 0) is 0 Å². The molecule has 1 heterocycles. The van der Waals surface area contributed by atoms with Crippen molar-refractivity contribution in [2.24, 2.45) is 0 Å². The van der Waals surface area contributed by atoms with E-state index in [1.165, 1.54) is 13.2 Å². The van der Waals surface area contributed by atoms with E-state index in [1.807, 2.05) is 6.92 Å². The fourth-order valence-electron chi connectivity index (χ4n) is 1.89. The van der Waals surface area contributed by atoms with Crippen LogP contribution in [0.5, 0.6) is 17.2 Å². The lowest BCUT2D eigenvalue weighted by molar-refractivity contribution is 0.0929. The number of phenolic OH excluding ortho intramolecular Hbond substituents is 1. The van der Waals surface area contributed by atoms with E-state index in [0.29, 0.717) is 12.3 Å². The van der Waals surface area contributed by atoms with Gasteiger partial charge >= 0.3 is 0 Å². The molecule has 6 nitrogen and oxygen atoms in total. The molecule has 22 heavy (non-hydrogen) atoms. The fourth-order valence-corrected chi connectivity index (χ4v) is 1.89. The quantitative estimate of drug-likeness (QED) is 0.853. The van der Waals surface area contributed by atoms with Crippen molar-refractivity contribution in [1.29, 1.82) is 0 Å². The second-order valence-corrected chi connectivity index (χ2v) is 4.68. The Morgan fingerprint density at radius 2 is 2.18 bits per heavy atom. The van der Waals surface area contributed by atoms with Gasteiger partial charge in [-0.3, -0.25) is 9.78 Å². The molecular formula is C16H18N2O4. The summed E-state index contributed by atoms with van der Waals surface area (Å²) in [6, 6.07) is 8.32. The number of nitrogens with zero attached hydrogens (tertiary/aromatic N) is 1. The van der Waals surface area contributed by atoms with E-state index < -0.39 is 5.91 Å². The van der Waals surface area contributed by atoms with Gasteiger partial charge in [-0.25, -0.2) is 0 Å². The van der Waals surface area contributed by atoms with E-state index in [9.17, 15) is 9.90 Å². The number of rotatable bonds is 6. The van der Waals surface area contributed by atoms with E-state index in [0.717, 1.165) is 0 Å². The average molecular weight is 302 g/mol. The predicted molar refractivity (Wildman–Crippen MR) is 81.3 cm³/mol. The van der Waals surface area contributed by atoms with Gasteiger partial charge in [-0.2, -0.15) is 0 Å². The van der Waals surface area contributed by atoms with E-state index in [-0.39, 0.29) is 23.2 Å². The molecule has 0 spiro atoms. The highest BCUT2D eigenvalue weighted by atomic mass is 16.5. The highest BCUT2D eigenvalue weighted by molar-refractivity contribution is 5.97. The van der Waals surface area contributed by atoms with Gasteiger partial charge in [-0.05, 0) is 31.2 Å². The zero-order chi connectivity index (χ0) is 15.9. The summed E-state index contributed by atoms with van der Waals surface area (Å²) in [4.78, 5) is 16.0. The maximum atomic E-state index is 12.1. The number of methoxy groups -OCH3 is 1. The van der Waals surface area contributed by atoms with Crippen molar-refractivity contribution in [3.63, 3.8) is 0 Å². The lowest BCUT2D eigenvalue weighted by Crippen LogP contribution is -2.33. The number of carbonyl (C=O) groups is 1. The molecule has 0 aliphatic carbocycles. The molecule has 1 aromatic carbocycles. The van der Waals surface area contributed by atoms with Crippen molar-refractivity contribution >= 4 is 5.91 Å². The molecule has 0 saturated heterocycles. The summed E-state index contributed by atoms with van der Waals surface area (Å²) in [5.41, 5.74) is 0.160. The van der Waals surface area contributed by atoms with Crippen LogP contribution >= 0.6 is 0 Å². The number of aromatic nitrogens is 1. The minimum absolute atomic E-state index is 0.160. The molecular weight excluding hydrogens is 284 g/mol. The number of benzene rings is 1. The molecule has 1 aromatic heterocycles. The number of hydrogen-bond acceptors (Lipinski definition) is 5. The minimum atomic E-state index is -0.391. The first kappa shape index (κ1) is 15.6. The second-order valence-electron chi connectivity index (χ2n) is 4.68. The Hall–Kier alpha value is -2.76. The smallest absolute Gasteiger partial charge is 0.255 e. The maximum Gasteiger partial charge on any atom is 0.255 e. The number of nitrogens with one attached hydrogen (secondary N) is 1. The van der Waals surface area contributed by atoms with Crippen LogP contribution in [0.25, 0.3) is 0 Å². The molecule has 0 aliphatic heterocycles. The van der Waals surface area contributed by atoms with Crippen LogP contribution in [0, 0.1) is 0 Å². The van der Waals surface area contributed by atoms with E-state index in [4.69, 9.17) is 9.47 Å². The molecule has 0 bridgehead atoms. The first-order valence-electron chi connectivity index (χ1n) is 6.82. The zero-order valence-corrected chi connectivity index (χ0v) is 12.4. The summed E-state index contributed by atoms with van der Waals surface area (Å²) in [5.74, 6) is 0.321. The summed E-state index contributed by atoms with van der Waals surface area (Å²) < 4.78 is 10.6. The molecule has 6 heteroatoms. The Morgan fingerprint density at radius 1 is 1.36 bits per heavy atom. The fraction of sp³-hybridized carbons (Fsp3) is 0.250. The Bertz CT molecular complexity index is 631. The van der Waals surface area contributed by atoms with E-state index in [1.54, 1.807) is 36.7 Å². The lowest BCUT2D eigenvalue weighted by atomic mass is 10.1. The molecule has 0 saturated carbocycles. The number of aromatic hydroxyl groups is 1. The lowest BCUT2D eigenvalue weighted by Gasteiger charge is -2.15. The van der Waals surface area contributed by atoms with Gasteiger partial charge in [0.2, 0.25) is 0 Å². The molecule has 0 radical (unpaired) electrons. The summed E-state index contributed by atoms with van der Waals surface area (Å²) in [6.07, 6.45) is 3.03. The number of amides is 1. The predicted octanol–water partition coefficient (Wildman–Crippen LogP) is 1.99. The third kappa shape index (κ3) is 3.88. The zero-order valence-electron chi connectivity index (χ0n) is 12.4. The summed E-state index contributed by atoms with van der Waals surface area (Å²) >= 11 is 0. The van der Waals surface area contributed by atoms with E-state index in [2.05, 4.69) is 10.3 Å². The topological polar surface area (TPSA) is 80.7 Å². The monoisotopic (exact) mass is 302 g/mol. The number of phenols is 1. The number of hydrogen-bond donors (Lipinski definition) is 2. The van der Waals surface area contributed by atoms with Gasteiger partial charge in [0.15, 0.2) is 11.5 Å². The standard InChI is InChI=1S/C16H18N2O4/c1-11(22-12-5-4-8-17-10-12)9-18-16(20)13-6-3-7-14(21-2)15(13)19/h3-8,10-11,19H,9H2,1-2H3,(H,18,20)/t11-/m1/s1. The first-order valence-corrected chi connectivity index (χ1v) is 6.82. The van der Waals surface area contributed by atoms with Crippen molar-refractivity contribution in [3.05, 3.63) is 48.3 Å². The average Bonchev–Trinajstić information content (AvgIpc) is 2.54. The van der Waals surface area contributed by atoms with Gasteiger partial charge in [0.05, 0.1) is 25.4 Å². The van der Waals surface area contributed by atoms with Crippen molar-refractivity contribution in [2.75, 3.05) is 13.7 Å². The normalized spacial score (nSPS) is 11.5. The molecule has 1 atom stereocenters. The molecule has 1 amide bonds. The van der Waals surface area contributed by atoms with Crippen LogP contribution < -0.4 is 14.8 Å². The minimum Gasteiger partial charge on any atom is -0.504 e. The number of para-hydroxylation sites is 1. The molecule has 2 rings (SSSR count). The number of ether oxygens (including phenoxy) is 2. The Balaban J connectivity index is 1.93. The largest absolute Gasteiger partial charge is 0.504 e. The van der Waals surface area contributed by atoms with Crippen LogP contribution in [0.1, 0.15) is 17.3 Å². The van der Waals surface area contributed by atoms with Crippen molar-refractivity contribution < 1.29 is 19.4 Å². The van der Waals surface area contributed by atoms with Crippen LogP contribution in [0.3, 0.4) is 0 Å². The number of pyridine rings is 1. The summed E-state index contributed by atoms with van der Waals surface area (Å²) in [7, 11) is 1.43. The Morgan fingerprint density at radius 3 is 2.86 bits per heavy atom. The Kier molecular flexibility index (Phi) is 5.19. The van der Waals surface area contributed by atoms with Gasteiger partial charge in [-0.15, -0.1) is 0 Å². The second kappa shape index (κ2) is 7.31. The maximum absolute atomic E-state index is 12.1. The number of carbonyl (C=O) groups excluding carboxylic acids is 1. The summed E-state index contributed by atoms with van der Waals surface area (Å²) in [6.45, 7) is 2.13. The molecule has 2 aromatic rings. The molecule has 0 unspecified atom stereocenters. The van der Waals surface area contributed by atoms with Crippen LogP contribution in [-0.4, -0.2) is 35.8 Å². The third-order valence-electron chi connectivity index (χ3n) is 2.99. The van der Waals surface area contributed by atoms with Crippen LogP contribution in [0.15, 0.2) is 42.7 Å². The van der Waals surface area contributed by atoms with Crippen LogP contribution in [0.4, 0.5) is 0 Å². The Labute approximate surface area is 128 Å². The van der Waals surface area contributed by atoms with Crippen molar-refractivity contribution in [2.45, 2.75) is 13.0 Å². The van der Waals surface area contributed by atoms with Gasteiger partial charge in [0.25, 0.3) is 5.91 Å².